The molecule has 1 N–H and O–H groups in total. The molecule has 1 aliphatic heterocycles. The first-order valence-corrected chi connectivity index (χ1v) is 11.0. The van der Waals surface area contributed by atoms with Crippen molar-refractivity contribution in [2.24, 2.45) is 0 Å². The van der Waals surface area contributed by atoms with E-state index in [9.17, 15) is 22.8 Å². The van der Waals surface area contributed by atoms with Gasteiger partial charge in [0.2, 0.25) is 11.8 Å². The fourth-order valence-electron chi connectivity index (χ4n) is 4.06. The number of alkyl halides is 3. The lowest BCUT2D eigenvalue weighted by Crippen LogP contribution is -2.46. The Bertz CT molecular complexity index is 1200. The molecular formula is C26H24F3N3O3. The highest BCUT2D eigenvalue weighted by Gasteiger charge is 2.35. The fraction of sp³-hybridized carbons (Fsp3) is 0.231. The Morgan fingerprint density at radius 3 is 2.37 bits per heavy atom. The number of hydrogen-bond acceptors (Lipinski definition) is 4. The third kappa shape index (κ3) is 5.63. The first-order valence-electron chi connectivity index (χ1n) is 11.0. The third-order valence-corrected chi connectivity index (χ3v) is 5.61. The number of ether oxygens (including phenoxy) is 1. The Kier molecular flexibility index (Phi) is 7.07. The Labute approximate surface area is 200 Å². The van der Waals surface area contributed by atoms with Crippen molar-refractivity contribution < 1.29 is 27.5 Å². The molecule has 1 aliphatic rings. The van der Waals surface area contributed by atoms with Crippen LogP contribution in [-0.4, -0.2) is 43.5 Å². The normalized spacial score (nSPS) is 15.3. The van der Waals surface area contributed by atoms with Gasteiger partial charge in [-0.25, -0.2) is 0 Å². The van der Waals surface area contributed by atoms with Crippen LogP contribution in [-0.2, 0) is 15.8 Å². The maximum atomic E-state index is 13.4. The predicted octanol–water partition coefficient (Wildman–Crippen LogP) is 4.74. The molecule has 0 saturated heterocycles. The topological polar surface area (TPSA) is 61.9 Å². The van der Waals surface area contributed by atoms with Crippen LogP contribution in [0, 0.1) is 0 Å². The van der Waals surface area contributed by atoms with Crippen LogP contribution in [0.2, 0.25) is 0 Å². The van der Waals surface area contributed by atoms with E-state index in [2.05, 4.69) is 5.32 Å². The summed E-state index contributed by atoms with van der Waals surface area (Å²) in [5, 5.41) is 2.31. The van der Waals surface area contributed by atoms with Crippen molar-refractivity contribution in [2.45, 2.75) is 12.2 Å². The summed E-state index contributed by atoms with van der Waals surface area (Å²) < 4.78 is 45.5. The zero-order chi connectivity index (χ0) is 25.0. The number of nitrogens with zero attached hydrogens (tertiary/aromatic N) is 2. The van der Waals surface area contributed by atoms with Gasteiger partial charge in [-0.1, -0.05) is 54.6 Å². The molecule has 0 radical (unpaired) electrons. The van der Waals surface area contributed by atoms with Crippen molar-refractivity contribution in [3.63, 3.8) is 0 Å². The number of anilines is 2. The average molecular weight is 483 g/mol. The van der Waals surface area contributed by atoms with E-state index in [0.717, 1.165) is 11.6 Å². The molecule has 3 aromatic rings. The second-order valence-electron chi connectivity index (χ2n) is 8.23. The van der Waals surface area contributed by atoms with Gasteiger partial charge in [0.1, 0.15) is 12.4 Å². The monoisotopic (exact) mass is 483 g/mol. The van der Waals surface area contributed by atoms with Gasteiger partial charge >= 0.3 is 6.18 Å². The van der Waals surface area contributed by atoms with Crippen LogP contribution in [0.1, 0.15) is 17.2 Å². The zero-order valence-electron chi connectivity index (χ0n) is 19.0. The lowest BCUT2D eigenvalue weighted by molar-refractivity contribution is -0.137. The molecular weight excluding hydrogens is 459 g/mol. The Morgan fingerprint density at radius 1 is 0.971 bits per heavy atom. The molecule has 0 aliphatic carbocycles. The zero-order valence-corrected chi connectivity index (χ0v) is 19.0. The highest BCUT2D eigenvalue weighted by Crippen LogP contribution is 2.39. The number of rotatable bonds is 6. The molecule has 0 saturated carbocycles. The third-order valence-electron chi connectivity index (χ3n) is 5.61. The molecule has 0 unspecified atom stereocenters. The van der Waals surface area contributed by atoms with Crippen molar-refractivity contribution >= 4 is 23.2 Å². The van der Waals surface area contributed by atoms with Gasteiger partial charge in [-0.3, -0.25) is 19.4 Å². The number of para-hydroxylation sites is 3. The highest BCUT2D eigenvalue weighted by atomic mass is 19.4. The molecule has 4 rings (SSSR count). The van der Waals surface area contributed by atoms with Crippen LogP contribution in [0.5, 0.6) is 5.75 Å². The van der Waals surface area contributed by atoms with Gasteiger partial charge in [0.05, 0.1) is 36.1 Å². The maximum absolute atomic E-state index is 13.4. The molecule has 0 fully saturated rings. The quantitative estimate of drug-likeness (QED) is 0.550. The summed E-state index contributed by atoms with van der Waals surface area (Å²) in [4.78, 5) is 29.0. The van der Waals surface area contributed by atoms with E-state index in [4.69, 9.17) is 4.74 Å². The SMILES string of the molecule is CN(CC(=O)Nc1ccccc1C(F)(F)F)CC(=O)N1c2ccccc2OC[C@H]1c1ccccc1. The van der Waals surface area contributed by atoms with E-state index in [-0.39, 0.29) is 37.3 Å². The van der Waals surface area contributed by atoms with Crippen LogP contribution in [0.3, 0.4) is 0 Å². The smallest absolute Gasteiger partial charge is 0.418 e. The number of carbonyl (C=O) groups is 2. The summed E-state index contributed by atoms with van der Waals surface area (Å²) in [5.74, 6) is -0.336. The number of nitrogens with one attached hydrogen (secondary N) is 1. The molecule has 35 heavy (non-hydrogen) atoms. The van der Waals surface area contributed by atoms with Crippen LogP contribution in [0.4, 0.5) is 24.5 Å². The number of benzene rings is 3. The molecule has 9 heteroatoms. The predicted molar refractivity (Wildman–Crippen MR) is 126 cm³/mol. The molecule has 6 nitrogen and oxygen atoms in total. The van der Waals surface area contributed by atoms with E-state index in [1.165, 1.54) is 23.1 Å². The number of fused-ring (bicyclic) bond motifs is 1. The van der Waals surface area contributed by atoms with E-state index >= 15 is 0 Å². The van der Waals surface area contributed by atoms with E-state index in [0.29, 0.717) is 11.4 Å². The first-order chi connectivity index (χ1) is 16.7. The fourth-order valence-corrected chi connectivity index (χ4v) is 4.06. The summed E-state index contributed by atoms with van der Waals surface area (Å²) in [6.45, 7) is -0.114. The van der Waals surface area contributed by atoms with Crippen molar-refractivity contribution in [3.8, 4) is 5.75 Å². The molecule has 3 aromatic carbocycles. The van der Waals surface area contributed by atoms with E-state index in [1.807, 2.05) is 42.5 Å². The molecule has 182 valence electrons. The van der Waals surface area contributed by atoms with Gasteiger partial charge in [-0.05, 0) is 36.9 Å². The number of amides is 2. The summed E-state index contributed by atoms with van der Waals surface area (Å²) in [6.07, 6.45) is -4.60. The summed E-state index contributed by atoms with van der Waals surface area (Å²) in [6, 6.07) is 21.1. The average Bonchev–Trinajstić information content (AvgIpc) is 2.83. The van der Waals surface area contributed by atoms with Crippen LogP contribution in [0.25, 0.3) is 0 Å². The molecule has 2 amide bonds. The molecule has 1 atom stereocenters. The highest BCUT2D eigenvalue weighted by molar-refractivity contribution is 5.98. The van der Waals surface area contributed by atoms with Gasteiger partial charge in [0.15, 0.2) is 0 Å². The molecule has 0 spiro atoms. The van der Waals surface area contributed by atoms with Crippen LogP contribution >= 0.6 is 0 Å². The van der Waals surface area contributed by atoms with Crippen molar-refractivity contribution in [3.05, 3.63) is 90.0 Å². The van der Waals surface area contributed by atoms with Crippen LogP contribution in [0.15, 0.2) is 78.9 Å². The summed E-state index contributed by atoms with van der Waals surface area (Å²) in [5.41, 5.74) is 0.271. The van der Waals surface area contributed by atoms with Gasteiger partial charge in [-0.15, -0.1) is 0 Å². The van der Waals surface area contributed by atoms with Gasteiger partial charge in [0, 0.05) is 0 Å². The standard InChI is InChI=1S/C26H24F3N3O3/c1-31(15-24(33)30-20-12-6-5-11-19(20)26(27,28)29)16-25(34)32-21-13-7-8-14-23(21)35-17-22(32)18-9-3-2-4-10-18/h2-14,22H,15-17H2,1H3,(H,30,33)/t22-/m0/s1. The minimum absolute atomic E-state index is 0.119. The lowest BCUT2D eigenvalue weighted by atomic mass is 10.0. The van der Waals surface area contributed by atoms with Crippen molar-refractivity contribution in [1.82, 2.24) is 4.90 Å². The summed E-state index contributed by atoms with van der Waals surface area (Å²) in [7, 11) is 1.57. The van der Waals surface area contributed by atoms with E-state index in [1.54, 1.807) is 24.1 Å². The molecule has 0 aromatic heterocycles. The van der Waals surface area contributed by atoms with E-state index < -0.39 is 17.6 Å². The Hall–Kier alpha value is -3.85. The number of hydrogen-bond donors (Lipinski definition) is 1. The minimum atomic E-state index is -4.60. The van der Waals surface area contributed by atoms with Gasteiger partial charge < -0.3 is 10.1 Å². The second-order valence-corrected chi connectivity index (χ2v) is 8.23. The number of likely N-dealkylation sites (N-methyl/N-ethyl adjacent to an activating group) is 1. The van der Waals surface area contributed by atoms with Crippen molar-refractivity contribution in [1.29, 1.82) is 0 Å². The largest absolute Gasteiger partial charge is 0.489 e. The number of carbonyl (C=O) groups excluding carboxylic acids is 2. The summed E-state index contributed by atoms with van der Waals surface area (Å²) >= 11 is 0. The van der Waals surface area contributed by atoms with Crippen LogP contribution < -0.4 is 15.0 Å². The number of halogens is 3. The lowest BCUT2D eigenvalue weighted by Gasteiger charge is -2.38. The Balaban J connectivity index is 1.48. The molecule has 0 bridgehead atoms. The maximum Gasteiger partial charge on any atom is 0.418 e. The first kappa shape index (κ1) is 24.3. The van der Waals surface area contributed by atoms with Crippen molar-refractivity contribution in [2.75, 3.05) is 37.0 Å². The Morgan fingerprint density at radius 2 is 1.63 bits per heavy atom. The second kappa shape index (κ2) is 10.2. The van der Waals surface area contributed by atoms with Gasteiger partial charge in [-0.2, -0.15) is 13.2 Å². The minimum Gasteiger partial charge on any atom is -0.489 e. The molecule has 1 heterocycles. The van der Waals surface area contributed by atoms with Gasteiger partial charge in [0.25, 0.3) is 0 Å².